The van der Waals surface area contributed by atoms with Crippen molar-refractivity contribution in [1.29, 1.82) is 0 Å². The summed E-state index contributed by atoms with van der Waals surface area (Å²) >= 11 is 7.42. The Bertz CT molecular complexity index is 716. The molecule has 0 aromatic heterocycles. The van der Waals surface area contributed by atoms with Gasteiger partial charge in [-0.05, 0) is 71.4 Å². The van der Waals surface area contributed by atoms with Crippen molar-refractivity contribution in [3.63, 3.8) is 0 Å². The lowest BCUT2D eigenvalue weighted by molar-refractivity contribution is 0.0977. The van der Waals surface area contributed by atoms with Crippen LogP contribution in [0.4, 0.5) is 5.69 Å². The normalized spacial score (nSPS) is 10.1. The topological polar surface area (TPSA) is 41.1 Å². The Labute approximate surface area is 149 Å². The predicted octanol–water partition coefficient (Wildman–Crippen LogP) is 4.29. The van der Waals surface area contributed by atoms with Crippen LogP contribution in [0.1, 0.15) is 28.4 Å². The number of rotatable bonds is 3. The maximum atomic E-state index is 12.3. The van der Waals surface area contributed by atoms with Gasteiger partial charge in [-0.2, -0.15) is 0 Å². The predicted molar refractivity (Wildman–Crippen MR) is 103 cm³/mol. The number of benzene rings is 2. The first kappa shape index (κ1) is 16.9. The minimum Gasteiger partial charge on any atom is -0.332 e. The first-order valence-corrected chi connectivity index (χ1v) is 8.47. The molecular formula is C17H17IN2OS. The summed E-state index contributed by atoms with van der Waals surface area (Å²) in [4.78, 5) is 12.3. The van der Waals surface area contributed by atoms with E-state index in [1.165, 1.54) is 5.56 Å². The molecular weight excluding hydrogens is 407 g/mol. The second-order valence-corrected chi connectivity index (χ2v) is 6.42. The highest BCUT2D eigenvalue weighted by Crippen LogP contribution is 2.21. The Morgan fingerprint density at radius 2 is 1.91 bits per heavy atom. The van der Waals surface area contributed by atoms with Crippen molar-refractivity contribution >= 4 is 51.5 Å². The third-order valence-corrected chi connectivity index (χ3v) is 4.47. The number of carbonyl (C=O) groups excluding carboxylic acids is 1. The molecule has 2 rings (SSSR count). The molecule has 0 unspecified atom stereocenters. The van der Waals surface area contributed by atoms with E-state index in [9.17, 15) is 4.79 Å². The minimum absolute atomic E-state index is 0.200. The number of nitrogens with one attached hydrogen (secondary N) is 2. The van der Waals surface area contributed by atoms with Crippen LogP contribution in [0.2, 0.25) is 0 Å². The van der Waals surface area contributed by atoms with Gasteiger partial charge in [-0.15, -0.1) is 0 Å². The van der Waals surface area contributed by atoms with Crippen molar-refractivity contribution < 1.29 is 4.79 Å². The molecule has 2 N–H and O–H groups in total. The van der Waals surface area contributed by atoms with Crippen LogP contribution in [-0.2, 0) is 6.42 Å². The molecule has 2 aromatic rings. The van der Waals surface area contributed by atoms with Gasteiger partial charge < -0.3 is 5.32 Å². The molecule has 2 aromatic carbocycles. The van der Waals surface area contributed by atoms with E-state index >= 15 is 0 Å². The highest BCUT2D eigenvalue weighted by molar-refractivity contribution is 14.1. The van der Waals surface area contributed by atoms with Crippen molar-refractivity contribution in [2.45, 2.75) is 20.3 Å². The number of hydrogen-bond donors (Lipinski definition) is 2. The van der Waals surface area contributed by atoms with Gasteiger partial charge in [0.1, 0.15) is 0 Å². The van der Waals surface area contributed by atoms with Gasteiger partial charge in [-0.25, -0.2) is 0 Å². The molecule has 114 valence electrons. The number of carbonyl (C=O) groups is 1. The summed E-state index contributed by atoms with van der Waals surface area (Å²) in [6, 6.07) is 13.5. The van der Waals surface area contributed by atoms with E-state index in [1.54, 1.807) is 6.07 Å². The smallest absolute Gasteiger partial charge is 0.258 e. The number of hydrogen-bond acceptors (Lipinski definition) is 2. The van der Waals surface area contributed by atoms with E-state index in [1.807, 2.05) is 37.3 Å². The average Bonchev–Trinajstić information content (AvgIpc) is 2.49. The largest absolute Gasteiger partial charge is 0.332 e. The van der Waals surface area contributed by atoms with Gasteiger partial charge >= 0.3 is 0 Å². The maximum absolute atomic E-state index is 12.3. The molecule has 0 saturated carbocycles. The second kappa shape index (κ2) is 7.69. The number of thiocarbonyl (C=S) groups is 1. The highest BCUT2D eigenvalue weighted by atomic mass is 127. The molecule has 0 radical (unpaired) electrons. The van der Waals surface area contributed by atoms with Gasteiger partial charge in [0.15, 0.2) is 5.11 Å². The Morgan fingerprint density at radius 1 is 1.18 bits per heavy atom. The Hall–Kier alpha value is -1.47. The van der Waals surface area contributed by atoms with Crippen molar-refractivity contribution in [3.8, 4) is 0 Å². The standard InChI is InChI=1S/C17H17IN2OS/c1-3-12-8-6-7-11(2)15(12)19-17(22)20-16(21)13-9-4-5-10-14(13)18/h4-10H,3H2,1-2H3,(H2,19,20,21,22). The van der Waals surface area contributed by atoms with Crippen LogP contribution in [-0.4, -0.2) is 11.0 Å². The zero-order valence-corrected chi connectivity index (χ0v) is 15.4. The zero-order valence-electron chi connectivity index (χ0n) is 12.4. The molecule has 0 aliphatic carbocycles. The van der Waals surface area contributed by atoms with Crippen LogP contribution < -0.4 is 10.6 Å². The number of halogens is 1. The zero-order chi connectivity index (χ0) is 16.1. The average molecular weight is 424 g/mol. The van der Waals surface area contributed by atoms with Gasteiger partial charge in [-0.3, -0.25) is 10.1 Å². The van der Waals surface area contributed by atoms with Gasteiger partial charge in [0, 0.05) is 9.26 Å². The van der Waals surface area contributed by atoms with Crippen molar-refractivity contribution in [1.82, 2.24) is 5.32 Å². The molecule has 0 atom stereocenters. The van der Waals surface area contributed by atoms with E-state index in [0.717, 1.165) is 21.2 Å². The summed E-state index contributed by atoms with van der Waals surface area (Å²) in [5.74, 6) is -0.200. The van der Waals surface area contributed by atoms with Gasteiger partial charge in [0.2, 0.25) is 0 Å². The van der Waals surface area contributed by atoms with E-state index < -0.39 is 0 Å². The van der Waals surface area contributed by atoms with Crippen molar-refractivity contribution in [2.75, 3.05) is 5.32 Å². The van der Waals surface area contributed by atoms with Crippen LogP contribution in [0.3, 0.4) is 0 Å². The lowest BCUT2D eigenvalue weighted by Crippen LogP contribution is -2.35. The molecule has 0 spiro atoms. The molecule has 5 heteroatoms. The fourth-order valence-electron chi connectivity index (χ4n) is 2.16. The second-order valence-electron chi connectivity index (χ2n) is 4.85. The number of aryl methyl sites for hydroxylation is 2. The molecule has 0 aliphatic heterocycles. The number of anilines is 1. The van der Waals surface area contributed by atoms with Crippen molar-refractivity contribution in [3.05, 3.63) is 62.7 Å². The molecule has 0 heterocycles. The molecule has 3 nitrogen and oxygen atoms in total. The van der Waals surface area contributed by atoms with Crippen LogP contribution in [0.5, 0.6) is 0 Å². The lowest BCUT2D eigenvalue weighted by Gasteiger charge is -2.15. The lowest BCUT2D eigenvalue weighted by atomic mass is 10.1. The van der Waals surface area contributed by atoms with Crippen LogP contribution >= 0.6 is 34.8 Å². The fourth-order valence-corrected chi connectivity index (χ4v) is 2.99. The molecule has 0 saturated heterocycles. The summed E-state index contributed by atoms with van der Waals surface area (Å²) in [6.07, 6.45) is 0.900. The van der Waals surface area contributed by atoms with Gasteiger partial charge in [-0.1, -0.05) is 37.3 Å². The summed E-state index contributed by atoms with van der Waals surface area (Å²) in [6.45, 7) is 4.11. The minimum atomic E-state index is -0.200. The summed E-state index contributed by atoms with van der Waals surface area (Å²) in [7, 11) is 0. The number of amides is 1. The number of para-hydroxylation sites is 1. The Morgan fingerprint density at radius 3 is 2.59 bits per heavy atom. The summed E-state index contributed by atoms with van der Waals surface area (Å²) in [5.41, 5.74) is 3.86. The van der Waals surface area contributed by atoms with E-state index in [2.05, 4.69) is 46.2 Å². The summed E-state index contributed by atoms with van der Waals surface area (Å²) in [5, 5.41) is 6.20. The monoisotopic (exact) mass is 424 g/mol. The Balaban J connectivity index is 2.11. The molecule has 1 amide bonds. The first-order valence-electron chi connectivity index (χ1n) is 6.98. The Kier molecular flexibility index (Phi) is 5.90. The quantitative estimate of drug-likeness (QED) is 0.571. The molecule has 22 heavy (non-hydrogen) atoms. The maximum Gasteiger partial charge on any atom is 0.258 e. The van der Waals surface area contributed by atoms with Crippen LogP contribution in [0.25, 0.3) is 0 Å². The molecule has 0 fully saturated rings. The van der Waals surface area contributed by atoms with E-state index in [-0.39, 0.29) is 5.91 Å². The van der Waals surface area contributed by atoms with E-state index in [4.69, 9.17) is 12.2 Å². The third-order valence-electron chi connectivity index (χ3n) is 3.32. The SMILES string of the molecule is CCc1cccc(C)c1NC(=S)NC(=O)c1ccccc1I. The molecule has 0 bridgehead atoms. The highest BCUT2D eigenvalue weighted by Gasteiger charge is 2.12. The first-order chi connectivity index (χ1) is 10.5. The van der Waals surface area contributed by atoms with E-state index in [0.29, 0.717) is 10.7 Å². The third kappa shape index (κ3) is 4.04. The van der Waals surface area contributed by atoms with Crippen LogP contribution in [0, 0.1) is 10.5 Å². The van der Waals surface area contributed by atoms with Gasteiger partial charge in [0.05, 0.1) is 5.56 Å². The molecule has 0 aliphatic rings. The fraction of sp³-hybridized carbons (Fsp3) is 0.176. The summed E-state index contributed by atoms with van der Waals surface area (Å²) < 4.78 is 0.894. The van der Waals surface area contributed by atoms with Crippen LogP contribution in [0.15, 0.2) is 42.5 Å². The van der Waals surface area contributed by atoms with Crippen molar-refractivity contribution in [2.24, 2.45) is 0 Å². The van der Waals surface area contributed by atoms with Gasteiger partial charge in [0.25, 0.3) is 5.91 Å².